The van der Waals surface area contributed by atoms with Crippen molar-refractivity contribution in [3.8, 4) is 11.8 Å². The Kier molecular flexibility index (Phi) is 14.0. The van der Waals surface area contributed by atoms with Crippen molar-refractivity contribution in [1.29, 1.82) is 0 Å². The molecule has 1 aliphatic rings. The summed E-state index contributed by atoms with van der Waals surface area (Å²) in [7, 11) is -13.8. The van der Waals surface area contributed by atoms with Gasteiger partial charge in [-0.25, -0.2) is 13.7 Å². The van der Waals surface area contributed by atoms with Gasteiger partial charge >= 0.3 is 23.5 Å². The fourth-order valence-electron chi connectivity index (χ4n) is 3.79. The van der Waals surface area contributed by atoms with Crippen LogP contribution in [0.3, 0.4) is 0 Å². The number of azide groups is 1. The maximum absolute atomic E-state index is 12.9. The molecule has 3 unspecified atom stereocenters. The number of aromatic nitrogens is 3. The van der Waals surface area contributed by atoms with Gasteiger partial charge in [0.2, 0.25) is 5.95 Å². The Labute approximate surface area is 273 Å². The van der Waals surface area contributed by atoms with Gasteiger partial charge in [0.1, 0.15) is 31.6 Å². The molecular weight excluding hydrogens is 733 g/mol. The molecule has 0 aliphatic carbocycles. The van der Waals surface area contributed by atoms with E-state index in [-0.39, 0.29) is 40.3 Å². The molecule has 1 saturated heterocycles. The molecule has 27 heteroatoms. The summed E-state index contributed by atoms with van der Waals surface area (Å²) in [6.45, 7) is 3.15. The fourth-order valence-corrected chi connectivity index (χ4v) is 8.91. The summed E-state index contributed by atoms with van der Waals surface area (Å²) in [5.74, 6) is 5.78. The third-order valence-electron chi connectivity index (χ3n) is 5.72. The standard InChI is InChI=1S/C20H31N8O14P3S2/c1-20(2,9-21)47-46-11-37-5-3-4-12-7-28(17-16(12)18(29)26-19(22)25-17)15-6-13(38-10-24-27-23)14(40-15)8-39-44(33,34)42-45(35,36)41-43(30,31)32/h7,13-15H,5-6,8-11,21H2,1-2H3,(H,33,34)(H,35,36)(H2,30,31,32)(H3,22,25,26,29)/t13?,14-,15-/m1/s1. The van der Waals surface area contributed by atoms with Gasteiger partial charge in [-0.3, -0.25) is 14.3 Å². The van der Waals surface area contributed by atoms with E-state index in [4.69, 9.17) is 45.5 Å². The lowest BCUT2D eigenvalue weighted by Gasteiger charge is -2.21. The topological polar surface area (TPSA) is 339 Å². The van der Waals surface area contributed by atoms with Crippen LogP contribution in [-0.4, -0.2) is 83.5 Å². The van der Waals surface area contributed by atoms with Crippen molar-refractivity contribution in [1.82, 2.24) is 14.5 Å². The molecule has 2 aromatic rings. The van der Waals surface area contributed by atoms with Crippen molar-refractivity contribution < 1.29 is 60.6 Å². The van der Waals surface area contributed by atoms with Crippen LogP contribution < -0.4 is 17.0 Å². The van der Waals surface area contributed by atoms with E-state index in [1.54, 1.807) is 10.8 Å². The van der Waals surface area contributed by atoms with Gasteiger partial charge in [-0.15, -0.1) is 0 Å². The number of phosphoric acid groups is 3. The van der Waals surface area contributed by atoms with E-state index in [1.165, 1.54) is 21.6 Å². The van der Waals surface area contributed by atoms with E-state index >= 15 is 0 Å². The number of hydrogen-bond acceptors (Lipinski definition) is 16. The van der Waals surface area contributed by atoms with E-state index in [0.717, 1.165) is 0 Å². The van der Waals surface area contributed by atoms with Crippen molar-refractivity contribution in [2.24, 2.45) is 10.8 Å². The number of nitrogens with zero attached hydrogens (tertiary/aromatic N) is 5. The summed E-state index contributed by atoms with van der Waals surface area (Å²) in [4.78, 5) is 58.7. The second-order valence-corrected chi connectivity index (χ2v) is 17.2. The summed E-state index contributed by atoms with van der Waals surface area (Å²) >= 11 is 0. The Morgan fingerprint density at radius 3 is 2.66 bits per heavy atom. The number of fused-ring (bicyclic) bond motifs is 1. The predicted octanol–water partition coefficient (Wildman–Crippen LogP) is 2.03. The summed E-state index contributed by atoms with van der Waals surface area (Å²) in [5, 5.41) is 3.33. The number of anilines is 1. The first-order valence-electron chi connectivity index (χ1n) is 12.9. The highest BCUT2D eigenvalue weighted by Crippen LogP contribution is 2.66. The third-order valence-corrected chi connectivity index (χ3v) is 12.5. The predicted molar refractivity (Wildman–Crippen MR) is 168 cm³/mol. The summed E-state index contributed by atoms with van der Waals surface area (Å²) < 4.78 is 65.2. The minimum atomic E-state index is -5.77. The number of H-pyrrole nitrogens is 1. The van der Waals surface area contributed by atoms with Crippen molar-refractivity contribution >= 4 is 62.0 Å². The lowest BCUT2D eigenvalue weighted by molar-refractivity contribution is -0.0581. The molecule has 0 spiro atoms. The molecule has 3 rings (SSSR count). The Balaban J connectivity index is 1.81. The largest absolute Gasteiger partial charge is 0.490 e. The number of ether oxygens (including phenoxy) is 3. The van der Waals surface area contributed by atoms with E-state index in [9.17, 15) is 28.3 Å². The molecule has 0 bridgehead atoms. The van der Waals surface area contributed by atoms with E-state index < -0.39 is 60.8 Å². The van der Waals surface area contributed by atoms with Gasteiger partial charge in [0, 0.05) is 28.8 Å². The highest BCUT2D eigenvalue weighted by Gasteiger charge is 2.43. The van der Waals surface area contributed by atoms with Gasteiger partial charge in [0.15, 0.2) is 5.65 Å². The quantitative estimate of drug-likeness (QED) is 0.0177. The van der Waals surface area contributed by atoms with Crippen LogP contribution in [0.1, 0.15) is 32.1 Å². The van der Waals surface area contributed by atoms with Crippen molar-refractivity contribution in [2.45, 2.75) is 43.5 Å². The zero-order valence-corrected chi connectivity index (χ0v) is 28.8. The third kappa shape index (κ3) is 12.5. The highest BCUT2D eigenvalue weighted by atomic mass is 33.1. The zero-order chi connectivity index (χ0) is 35.0. The Morgan fingerprint density at radius 1 is 1.28 bits per heavy atom. The van der Waals surface area contributed by atoms with Crippen molar-refractivity contribution in [3.05, 3.63) is 32.6 Å². The van der Waals surface area contributed by atoms with Crippen LogP contribution in [0.2, 0.25) is 0 Å². The number of phosphoric ester groups is 1. The van der Waals surface area contributed by atoms with Crippen LogP contribution in [-0.2, 0) is 41.1 Å². The second-order valence-electron chi connectivity index (χ2n) is 9.85. The molecule has 0 radical (unpaired) electrons. The van der Waals surface area contributed by atoms with E-state index in [0.29, 0.717) is 12.5 Å². The molecule has 47 heavy (non-hydrogen) atoms. The van der Waals surface area contributed by atoms with Gasteiger partial charge in [-0.2, -0.15) is 13.6 Å². The average Bonchev–Trinajstić information content (AvgIpc) is 3.50. The molecule has 0 amide bonds. The van der Waals surface area contributed by atoms with Gasteiger partial charge in [-0.05, 0) is 19.4 Å². The zero-order valence-electron chi connectivity index (χ0n) is 24.5. The smallest absolute Gasteiger partial charge is 0.369 e. The Morgan fingerprint density at radius 2 is 2.00 bits per heavy atom. The molecular formula is C20H31N8O14P3S2. The van der Waals surface area contributed by atoms with Crippen molar-refractivity contribution in [3.63, 3.8) is 0 Å². The summed E-state index contributed by atoms with van der Waals surface area (Å²) in [6.07, 6.45) is -1.88. The first kappa shape index (κ1) is 39.5. The fraction of sp³-hybridized carbons (Fsp3) is 0.600. The molecule has 5 atom stereocenters. The van der Waals surface area contributed by atoms with Gasteiger partial charge < -0.3 is 49.8 Å². The van der Waals surface area contributed by atoms with E-state index in [2.05, 4.69) is 40.5 Å². The maximum Gasteiger partial charge on any atom is 0.490 e. The van der Waals surface area contributed by atoms with Gasteiger partial charge in [0.25, 0.3) is 5.56 Å². The SMILES string of the molecule is CC(C)(CN)SSCOCC#Cc1cn([C@H]2CC(OCN=[N+]=[N-])[C@@H](COP(=O)(O)OP(=O)(O)OP(=O)(O)O)O2)c2nc(N)[nH]c(=O)c12. The minimum Gasteiger partial charge on any atom is -0.369 e. The molecule has 3 heterocycles. The molecule has 1 fully saturated rings. The number of aromatic amines is 1. The minimum absolute atomic E-state index is 0.0293. The Hall–Kier alpha value is -1.96. The highest BCUT2D eigenvalue weighted by molar-refractivity contribution is 8.77. The van der Waals surface area contributed by atoms with Crippen molar-refractivity contribution in [2.75, 3.05) is 38.2 Å². The number of hydrogen-bond donors (Lipinski definition) is 7. The second kappa shape index (κ2) is 16.6. The molecule has 1 aliphatic heterocycles. The summed E-state index contributed by atoms with van der Waals surface area (Å²) in [5.41, 5.74) is 19.8. The Bertz CT molecular complexity index is 1740. The normalized spacial score (nSPS) is 21.0. The molecule has 0 aromatic carbocycles. The van der Waals surface area contributed by atoms with Crippen LogP contribution in [0.25, 0.3) is 21.5 Å². The number of nitrogens with two attached hydrogens (primary N) is 2. The van der Waals surface area contributed by atoms with Crippen LogP contribution in [0.4, 0.5) is 5.95 Å². The number of rotatable bonds is 17. The number of nitrogens with one attached hydrogen (secondary N) is 1. The summed E-state index contributed by atoms with van der Waals surface area (Å²) in [6, 6.07) is 0. The first-order valence-corrected chi connectivity index (χ1v) is 19.7. The molecule has 2 aromatic heterocycles. The molecule has 9 N–H and O–H groups in total. The lowest BCUT2D eigenvalue weighted by atomic mass is 10.2. The van der Waals surface area contributed by atoms with Gasteiger partial charge in [-0.1, -0.05) is 38.5 Å². The molecule has 262 valence electrons. The average molecular weight is 765 g/mol. The van der Waals surface area contributed by atoms with Crippen LogP contribution in [0, 0.1) is 11.8 Å². The lowest BCUT2D eigenvalue weighted by Crippen LogP contribution is -2.29. The maximum atomic E-state index is 12.9. The van der Waals surface area contributed by atoms with Gasteiger partial charge in [0.05, 0.1) is 23.7 Å². The van der Waals surface area contributed by atoms with Crippen LogP contribution in [0.5, 0.6) is 0 Å². The van der Waals surface area contributed by atoms with E-state index in [1.807, 2.05) is 13.8 Å². The molecule has 0 saturated carbocycles. The first-order chi connectivity index (χ1) is 21.9. The number of nitrogen functional groups attached to an aromatic ring is 1. The van der Waals surface area contributed by atoms with Crippen LogP contribution in [0.15, 0.2) is 16.1 Å². The van der Waals surface area contributed by atoms with Crippen LogP contribution >= 0.6 is 45.1 Å². The monoisotopic (exact) mass is 764 g/mol. The molecule has 22 nitrogen and oxygen atoms in total.